The van der Waals surface area contributed by atoms with Crippen molar-refractivity contribution in [3.8, 4) is 5.75 Å². The molecule has 1 heterocycles. The number of guanidine groups is 1. The van der Waals surface area contributed by atoms with E-state index in [1.807, 2.05) is 19.2 Å². The minimum absolute atomic E-state index is 0. The van der Waals surface area contributed by atoms with E-state index in [9.17, 15) is 0 Å². The normalized spacial score (nSPS) is 17.4. The molecule has 0 bridgehead atoms. The molecule has 1 aromatic carbocycles. The van der Waals surface area contributed by atoms with E-state index in [0.717, 1.165) is 31.3 Å². The zero-order chi connectivity index (χ0) is 17.1. The summed E-state index contributed by atoms with van der Waals surface area (Å²) >= 11 is 0. The van der Waals surface area contributed by atoms with Crippen molar-refractivity contribution in [3.05, 3.63) is 29.8 Å². The Kier molecular flexibility index (Phi) is 7.38. The number of ether oxygens (including phenoxy) is 1. The summed E-state index contributed by atoms with van der Waals surface area (Å²) in [5.41, 5.74) is 1.64. The minimum atomic E-state index is -0.000276. The predicted molar refractivity (Wildman–Crippen MR) is 113 cm³/mol. The molecule has 1 fully saturated rings. The van der Waals surface area contributed by atoms with Crippen LogP contribution in [-0.2, 0) is 5.41 Å². The standard InChI is InChI=1S/C19H31N3O.HI/c1-18(2)10-11-22(14-18)17(20-5)21-13-19(3,4)15-8-7-9-16(12-15)23-6;/h7-9,12H,10-11,13-14H2,1-6H3,(H,20,21);1H. The lowest BCUT2D eigenvalue weighted by atomic mass is 9.84. The third-order valence-corrected chi connectivity index (χ3v) is 4.73. The largest absolute Gasteiger partial charge is 0.497 e. The molecule has 0 atom stereocenters. The number of nitrogens with zero attached hydrogens (tertiary/aromatic N) is 2. The van der Waals surface area contributed by atoms with Crippen LogP contribution in [0.2, 0.25) is 0 Å². The number of benzene rings is 1. The van der Waals surface area contributed by atoms with Crippen LogP contribution in [0.15, 0.2) is 29.3 Å². The Balaban J connectivity index is 0.00000288. The summed E-state index contributed by atoms with van der Waals surface area (Å²) in [6, 6.07) is 8.31. The molecule has 24 heavy (non-hydrogen) atoms. The van der Waals surface area contributed by atoms with E-state index < -0.39 is 0 Å². The zero-order valence-electron chi connectivity index (χ0n) is 15.8. The average molecular weight is 445 g/mol. The molecule has 4 nitrogen and oxygen atoms in total. The van der Waals surface area contributed by atoms with Crippen LogP contribution < -0.4 is 10.1 Å². The van der Waals surface area contributed by atoms with Gasteiger partial charge in [-0.3, -0.25) is 4.99 Å². The number of aliphatic imine (C=N–C) groups is 1. The molecular formula is C19H32IN3O. The van der Waals surface area contributed by atoms with Gasteiger partial charge in [-0.1, -0.05) is 39.8 Å². The third-order valence-electron chi connectivity index (χ3n) is 4.73. The summed E-state index contributed by atoms with van der Waals surface area (Å²) in [6.07, 6.45) is 1.22. The van der Waals surface area contributed by atoms with Gasteiger partial charge in [0, 0.05) is 32.1 Å². The summed E-state index contributed by atoms with van der Waals surface area (Å²) in [5, 5.41) is 3.56. The van der Waals surface area contributed by atoms with Gasteiger partial charge in [0.2, 0.25) is 0 Å². The Hall–Kier alpha value is -0.980. The lowest BCUT2D eigenvalue weighted by Gasteiger charge is -2.30. The first-order valence-corrected chi connectivity index (χ1v) is 8.37. The molecule has 0 aromatic heterocycles. The maximum absolute atomic E-state index is 5.35. The molecule has 1 aromatic rings. The average Bonchev–Trinajstić information content (AvgIpc) is 2.88. The molecule has 0 saturated carbocycles. The quantitative estimate of drug-likeness (QED) is 0.434. The fraction of sp³-hybridized carbons (Fsp3) is 0.632. The lowest BCUT2D eigenvalue weighted by molar-refractivity contribution is 0.367. The van der Waals surface area contributed by atoms with Crippen molar-refractivity contribution in [2.24, 2.45) is 10.4 Å². The van der Waals surface area contributed by atoms with Crippen molar-refractivity contribution >= 4 is 29.9 Å². The highest BCUT2D eigenvalue weighted by Crippen LogP contribution is 2.29. The van der Waals surface area contributed by atoms with Crippen LogP contribution in [-0.4, -0.2) is 44.7 Å². The summed E-state index contributed by atoms with van der Waals surface area (Å²) in [5.74, 6) is 1.91. The van der Waals surface area contributed by atoms with Gasteiger partial charge in [0.15, 0.2) is 5.96 Å². The number of halogens is 1. The minimum Gasteiger partial charge on any atom is -0.497 e. The maximum Gasteiger partial charge on any atom is 0.193 e. The predicted octanol–water partition coefficient (Wildman–Crippen LogP) is 3.90. The van der Waals surface area contributed by atoms with Crippen LogP contribution in [0.1, 0.15) is 39.7 Å². The number of hydrogen-bond acceptors (Lipinski definition) is 2. The van der Waals surface area contributed by atoms with Gasteiger partial charge in [-0.15, -0.1) is 24.0 Å². The Bertz CT molecular complexity index is 569. The fourth-order valence-corrected chi connectivity index (χ4v) is 3.07. The molecule has 1 N–H and O–H groups in total. The molecule has 0 radical (unpaired) electrons. The maximum atomic E-state index is 5.35. The second kappa shape index (κ2) is 8.41. The Morgan fingerprint density at radius 1 is 1.38 bits per heavy atom. The summed E-state index contributed by atoms with van der Waals surface area (Å²) < 4.78 is 5.35. The SMILES string of the molecule is CN=C(NCC(C)(C)c1cccc(OC)c1)N1CCC(C)(C)C1.I. The number of nitrogens with one attached hydrogen (secondary N) is 1. The van der Waals surface area contributed by atoms with Gasteiger partial charge in [0.25, 0.3) is 0 Å². The number of likely N-dealkylation sites (tertiary alicyclic amines) is 1. The van der Waals surface area contributed by atoms with Gasteiger partial charge in [-0.2, -0.15) is 0 Å². The highest BCUT2D eigenvalue weighted by Gasteiger charge is 2.31. The van der Waals surface area contributed by atoms with E-state index in [2.05, 4.69) is 55.0 Å². The number of rotatable bonds is 4. The first-order valence-electron chi connectivity index (χ1n) is 8.37. The second-order valence-corrected chi connectivity index (χ2v) is 7.85. The van der Waals surface area contributed by atoms with Crippen molar-refractivity contribution in [2.75, 3.05) is 33.8 Å². The van der Waals surface area contributed by atoms with Crippen LogP contribution in [0.5, 0.6) is 5.75 Å². The van der Waals surface area contributed by atoms with Crippen molar-refractivity contribution in [2.45, 2.75) is 39.5 Å². The van der Waals surface area contributed by atoms with Crippen molar-refractivity contribution in [1.29, 1.82) is 0 Å². The van der Waals surface area contributed by atoms with Gasteiger partial charge >= 0.3 is 0 Å². The van der Waals surface area contributed by atoms with E-state index in [1.54, 1.807) is 7.11 Å². The zero-order valence-corrected chi connectivity index (χ0v) is 18.2. The highest BCUT2D eigenvalue weighted by atomic mass is 127. The topological polar surface area (TPSA) is 36.9 Å². The Morgan fingerprint density at radius 2 is 2.08 bits per heavy atom. The monoisotopic (exact) mass is 445 g/mol. The molecule has 0 aliphatic carbocycles. The van der Waals surface area contributed by atoms with Crippen LogP contribution in [0, 0.1) is 5.41 Å². The van der Waals surface area contributed by atoms with E-state index in [0.29, 0.717) is 5.41 Å². The van der Waals surface area contributed by atoms with Crippen LogP contribution in [0.4, 0.5) is 0 Å². The lowest BCUT2D eigenvalue weighted by Crippen LogP contribution is -2.45. The summed E-state index contributed by atoms with van der Waals surface area (Å²) in [6.45, 7) is 12.1. The van der Waals surface area contributed by atoms with Gasteiger partial charge in [0.05, 0.1) is 7.11 Å². The van der Waals surface area contributed by atoms with Gasteiger partial charge in [-0.25, -0.2) is 0 Å². The molecule has 136 valence electrons. The molecule has 2 rings (SSSR count). The van der Waals surface area contributed by atoms with E-state index in [4.69, 9.17) is 4.74 Å². The van der Waals surface area contributed by atoms with E-state index in [1.165, 1.54) is 12.0 Å². The van der Waals surface area contributed by atoms with E-state index >= 15 is 0 Å². The van der Waals surface area contributed by atoms with Crippen molar-refractivity contribution < 1.29 is 4.74 Å². The number of hydrogen-bond donors (Lipinski definition) is 1. The summed E-state index contributed by atoms with van der Waals surface area (Å²) in [4.78, 5) is 6.84. The highest BCUT2D eigenvalue weighted by molar-refractivity contribution is 14.0. The molecular weight excluding hydrogens is 413 g/mol. The van der Waals surface area contributed by atoms with E-state index in [-0.39, 0.29) is 29.4 Å². The van der Waals surface area contributed by atoms with Crippen LogP contribution >= 0.6 is 24.0 Å². The molecule has 1 saturated heterocycles. The number of methoxy groups -OCH3 is 1. The second-order valence-electron chi connectivity index (χ2n) is 7.85. The van der Waals surface area contributed by atoms with Crippen LogP contribution in [0.3, 0.4) is 0 Å². The van der Waals surface area contributed by atoms with Crippen molar-refractivity contribution in [1.82, 2.24) is 10.2 Å². The fourth-order valence-electron chi connectivity index (χ4n) is 3.07. The molecule has 0 unspecified atom stereocenters. The van der Waals surface area contributed by atoms with Gasteiger partial charge < -0.3 is 15.0 Å². The van der Waals surface area contributed by atoms with Gasteiger partial charge in [0.1, 0.15) is 5.75 Å². The molecule has 1 aliphatic rings. The molecule has 0 spiro atoms. The third kappa shape index (κ3) is 5.26. The first kappa shape index (κ1) is 21.1. The molecule has 5 heteroatoms. The molecule has 1 aliphatic heterocycles. The Labute approximate surface area is 164 Å². The summed E-state index contributed by atoms with van der Waals surface area (Å²) in [7, 11) is 3.58. The Morgan fingerprint density at radius 3 is 2.62 bits per heavy atom. The van der Waals surface area contributed by atoms with Gasteiger partial charge in [-0.05, 0) is 29.5 Å². The smallest absolute Gasteiger partial charge is 0.193 e. The molecule has 0 amide bonds. The van der Waals surface area contributed by atoms with Crippen LogP contribution in [0.25, 0.3) is 0 Å². The van der Waals surface area contributed by atoms with Crippen molar-refractivity contribution in [3.63, 3.8) is 0 Å². The first-order chi connectivity index (χ1) is 10.8.